The number of rotatable bonds is 6. The molecule has 2 rings (SSSR count). The van der Waals surface area contributed by atoms with E-state index in [2.05, 4.69) is 90.2 Å². The van der Waals surface area contributed by atoms with Gasteiger partial charge in [0.15, 0.2) is 0 Å². The summed E-state index contributed by atoms with van der Waals surface area (Å²) in [6.45, 7) is 1.82. The van der Waals surface area contributed by atoms with E-state index in [1.807, 2.05) is 13.2 Å². The lowest BCUT2D eigenvalue weighted by molar-refractivity contribution is 0.366. The monoisotopic (exact) mass is 414 g/mol. The molecular weight excluding hydrogens is 396 g/mol. The molecule has 0 amide bonds. The van der Waals surface area contributed by atoms with Gasteiger partial charge in [-0.05, 0) is 54.8 Å². The number of benzene rings is 1. The van der Waals surface area contributed by atoms with Gasteiger partial charge in [-0.2, -0.15) is 5.10 Å². The number of nitrogens with one attached hydrogen (secondary N) is 1. The van der Waals surface area contributed by atoms with E-state index in [-0.39, 0.29) is 6.04 Å². The second-order valence-electron chi connectivity index (χ2n) is 5.18. The van der Waals surface area contributed by atoms with Gasteiger partial charge in [-0.15, -0.1) is 0 Å². The Labute approximate surface area is 142 Å². The summed E-state index contributed by atoms with van der Waals surface area (Å²) in [5, 5.41) is 7.88. The molecule has 0 radical (unpaired) electrons. The van der Waals surface area contributed by atoms with Crippen molar-refractivity contribution < 1.29 is 0 Å². The van der Waals surface area contributed by atoms with E-state index in [1.54, 1.807) is 0 Å². The van der Waals surface area contributed by atoms with Crippen molar-refractivity contribution in [1.29, 1.82) is 0 Å². The standard InChI is InChI=1S/C15H20Br2N4/c1-18-14(11-4-6-12(16)7-5-11)15-13(17)10-19-21(15)9-8-20(2)3/h4-7,10,14,18H,8-9H2,1-3H3. The molecule has 0 aliphatic rings. The zero-order valence-electron chi connectivity index (χ0n) is 12.5. The Hall–Kier alpha value is -0.690. The molecule has 1 heterocycles. The fraction of sp³-hybridized carbons (Fsp3) is 0.400. The minimum absolute atomic E-state index is 0.108. The fourth-order valence-electron chi connectivity index (χ4n) is 2.25. The summed E-state index contributed by atoms with van der Waals surface area (Å²) in [6.07, 6.45) is 1.87. The van der Waals surface area contributed by atoms with Gasteiger partial charge < -0.3 is 10.2 Å². The highest BCUT2D eigenvalue weighted by Crippen LogP contribution is 2.29. The van der Waals surface area contributed by atoms with Crippen molar-refractivity contribution in [2.24, 2.45) is 0 Å². The van der Waals surface area contributed by atoms with Crippen LogP contribution in [0.1, 0.15) is 17.3 Å². The van der Waals surface area contributed by atoms with Crippen LogP contribution in [0.15, 0.2) is 39.4 Å². The van der Waals surface area contributed by atoms with Crippen LogP contribution < -0.4 is 5.32 Å². The number of hydrogen-bond acceptors (Lipinski definition) is 3. The van der Waals surface area contributed by atoms with Crippen LogP contribution in [0.5, 0.6) is 0 Å². The second-order valence-corrected chi connectivity index (χ2v) is 6.95. The fourth-order valence-corrected chi connectivity index (χ4v) is 3.04. The summed E-state index contributed by atoms with van der Waals surface area (Å²) in [6, 6.07) is 8.49. The summed E-state index contributed by atoms with van der Waals surface area (Å²) in [4.78, 5) is 2.16. The van der Waals surface area contributed by atoms with Gasteiger partial charge in [-0.3, -0.25) is 4.68 Å². The van der Waals surface area contributed by atoms with E-state index in [9.17, 15) is 0 Å². The minimum Gasteiger partial charge on any atom is -0.308 e. The molecule has 6 heteroatoms. The molecule has 0 aliphatic carbocycles. The molecule has 1 unspecified atom stereocenters. The number of halogens is 2. The van der Waals surface area contributed by atoms with Gasteiger partial charge in [0.2, 0.25) is 0 Å². The minimum atomic E-state index is 0.108. The molecule has 1 N–H and O–H groups in total. The average molecular weight is 416 g/mol. The van der Waals surface area contributed by atoms with Crippen molar-refractivity contribution in [2.45, 2.75) is 12.6 Å². The average Bonchev–Trinajstić information content (AvgIpc) is 2.81. The maximum Gasteiger partial charge on any atom is 0.0757 e. The summed E-state index contributed by atoms with van der Waals surface area (Å²) < 4.78 is 4.18. The molecule has 1 aromatic carbocycles. The maximum atomic E-state index is 4.49. The summed E-state index contributed by atoms with van der Waals surface area (Å²) in [5.41, 5.74) is 2.37. The molecule has 0 spiro atoms. The molecule has 2 aromatic rings. The Bertz CT molecular complexity index is 578. The Morgan fingerprint density at radius 2 is 1.90 bits per heavy atom. The van der Waals surface area contributed by atoms with Crippen LogP contribution in [0.3, 0.4) is 0 Å². The smallest absolute Gasteiger partial charge is 0.0757 e. The van der Waals surface area contributed by atoms with Crippen molar-refractivity contribution in [1.82, 2.24) is 20.0 Å². The van der Waals surface area contributed by atoms with Crippen molar-refractivity contribution in [3.8, 4) is 0 Å². The molecule has 0 saturated carbocycles. The number of hydrogen-bond donors (Lipinski definition) is 1. The predicted molar refractivity (Wildman–Crippen MR) is 93.5 cm³/mol. The summed E-state index contributed by atoms with van der Waals surface area (Å²) in [5.74, 6) is 0. The number of likely N-dealkylation sites (N-methyl/N-ethyl adjacent to an activating group) is 1. The van der Waals surface area contributed by atoms with Gasteiger partial charge in [0.1, 0.15) is 0 Å². The van der Waals surface area contributed by atoms with Gasteiger partial charge in [0.05, 0.1) is 29.0 Å². The lowest BCUT2D eigenvalue weighted by Gasteiger charge is -2.20. The summed E-state index contributed by atoms with van der Waals surface area (Å²) in [7, 11) is 6.12. The van der Waals surface area contributed by atoms with E-state index in [4.69, 9.17) is 0 Å². The van der Waals surface area contributed by atoms with Crippen molar-refractivity contribution in [3.63, 3.8) is 0 Å². The summed E-state index contributed by atoms with van der Waals surface area (Å²) >= 11 is 7.11. The maximum absolute atomic E-state index is 4.49. The highest BCUT2D eigenvalue weighted by molar-refractivity contribution is 9.10. The molecule has 114 valence electrons. The van der Waals surface area contributed by atoms with E-state index in [0.717, 1.165) is 27.7 Å². The third kappa shape index (κ3) is 4.16. The van der Waals surface area contributed by atoms with Crippen LogP contribution in [0, 0.1) is 0 Å². The topological polar surface area (TPSA) is 33.1 Å². The largest absolute Gasteiger partial charge is 0.308 e. The van der Waals surface area contributed by atoms with Gasteiger partial charge >= 0.3 is 0 Å². The SMILES string of the molecule is CNC(c1ccc(Br)cc1)c1c(Br)cnn1CCN(C)C. The van der Waals surface area contributed by atoms with Crippen LogP contribution in [-0.4, -0.2) is 42.4 Å². The van der Waals surface area contributed by atoms with E-state index in [0.29, 0.717) is 0 Å². The molecule has 4 nitrogen and oxygen atoms in total. The van der Waals surface area contributed by atoms with Crippen LogP contribution in [0.2, 0.25) is 0 Å². The molecule has 0 bridgehead atoms. The first-order valence-corrected chi connectivity index (χ1v) is 8.40. The lowest BCUT2D eigenvalue weighted by atomic mass is 10.0. The highest BCUT2D eigenvalue weighted by Gasteiger charge is 2.20. The molecule has 0 aliphatic heterocycles. The van der Waals surface area contributed by atoms with Crippen molar-refractivity contribution in [3.05, 3.63) is 50.7 Å². The molecule has 1 atom stereocenters. The molecule has 0 fully saturated rings. The van der Waals surface area contributed by atoms with Crippen LogP contribution in [-0.2, 0) is 6.54 Å². The Kier molecular flexibility index (Phi) is 5.98. The van der Waals surface area contributed by atoms with Gasteiger partial charge in [0.25, 0.3) is 0 Å². The first-order valence-electron chi connectivity index (χ1n) is 6.81. The van der Waals surface area contributed by atoms with E-state index >= 15 is 0 Å². The Morgan fingerprint density at radius 1 is 1.24 bits per heavy atom. The Morgan fingerprint density at radius 3 is 2.48 bits per heavy atom. The third-order valence-corrected chi connectivity index (χ3v) is 4.50. The van der Waals surface area contributed by atoms with Crippen LogP contribution in [0.25, 0.3) is 0 Å². The van der Waals surface area contributed by atoms with Crippen molar-refractivity contribution in [2.75, 3.05) is 27.7 Å². The van der Waals surface area contributed by atoms with Crippen LogP contribution in [0.4, 0.5) is 0 Å². The highest BCUT2D eigenvalue weighted by atomic mass is 79.9. The number of aromatic nitrogens is 2. The first kappa shape index (κ1) is 16.7. The molecular formula is C15H20Br2N4. The molecule has 21 heavy (non-hydrogen) atoms. The zero-order valence-corrected chi connectivity index (χ0v) is 15.6. The molecule has 1 aromatic heterocycles. The number of nitrogens with zero attached hydrogens (tertiary/aromatic N) is 3. The van der Waals surface area contributed by atoms with Crippen molar-refractivity contribution >= 4 is 31.9 Å². The quantitative estimate of drug-likeness (QED) is 0.785. The van der Waals surface area contributed by atoms with E-state index < -0.39 is 0 Å². The van der Waals surface area contributed by atoms with Gasteiger partial charge in [-0.25, -0.2) is 0 Å². The van der Waals surface area contributed by atoms with Gasteiger partial charge in [-0.1, -0.05) is 28.1 Å². The van der Waals surface area contributed by atoms with Crippen LogP contribution >= 0.6 is 31.9 Å². The van der Waals surface area contributed by atoms with Gasteiger partial charge in [0, 0.05) is 11.0 Å². The van der Waals surface area contributed by atoms with E-state index in [1.165, 1.54) is 5.56 Å². The zero-order chi connectivity index (χ0) is 15.4. The third-order valence-electron chi connectivity index (χ3n) is 3.36. The Balaban J connectivity index is 2.33. The molecule has 0 saturated heterocycles. The predicted octanol–water partition coefficient (Wildman–Crippen LogP) is 3.28. The lowest BCUT2D eigenvalue weighted by Crippen LogP contribution is -2.25. The first-order chi connectivity index (χ1) is 10.0. The second kappa shape index (κ2) is 7.54. The normalized spacial score (nSPS) is 12.9.